The minimum absolute atomic E-state index is 0.168. The highest BCUT2D eigenvalue weighted by atomic mass is 16.5. The van der Waals surface area contributed by atoms with Crippen LogP contribution in [0.2, 0.25) is 0 Å². The van der Waals surface area contributed by atoms with Gasteiger partial charge in [0.2, 0.25) is 0 Å². The zero-order valence-corrected chi connectivity index (χ0v) is 13.2. The van der Waals surface area contributed by atoms with E-state index in [9.17, 15) is 4.79 Å². The molecule has 1 N–H and O–H groups in total. The molecule has 2 aromatic rings. The smallest absolute Gasteiger partial charge is 0.252 e. The van der Waals surface area contributed by atoms with Crippen molar-refractivity contribution in [2.45, 2.75) is 5.54 Å². The largest absolute Gasteiger partial charge is 0.493 e. The van der Waals surface area contributed by atoms with Crippen molar-refractivity contribution in [3.8, 4) is 11.5 Å². The van der Waals surface area contributed by atoms with Crippen LogP contribution in [0.1, 0.15) is 15.9 Å². The quantitative estimate of drug-likeness (QED) is 0.920. The Kier molecular flexibility index (Phi) is 4.21. The number of rotatable bonds is 5. The molecule has 0 spiro atoms. The summed E-state index contributed by atoms with van der Waals surface area (Å²) >= 11 is 0. The summed E-state index contributed by atoms with van der Waals surface area (Å²) in [6, 6.07) is 15.0. The van der Waals surface area contributed by atoms with Crippen LogP contribution in [0.25, 0.3) is 0 Å². The van der Waals surface area contributed by atoms with Crippen LogP contribution in [0.4, 0.5) is 0 Å². The number of ether oxygens (including phenoxy) is 3. The van der Waals surface area contributed by atoms with Crippen molar-refractivity contribution in [2.24, 2.45) is 0 Å². The van der Waals surface area contributed by atoms with E-state index >= 15 is 0 Å². The number of methoxy groups -OCH3 is 2. The number of hydrogen-bond donors (Lipinski definition) is 1. The molecule has 1 aliphatic heterocycles. The van der Waals surface area contributed by atoms with Crippen molar-refractivity contribution in [2.75, 3.05) is 27.4 Å². The van der Waals surface area contributed by atoms with Gasteiger partial charge in [0.15, 0.2) is 11.5 Å². The zero-order valence-electron chi connectivity index (χ0n) is 13.2. The van der Waals surface area contributed by atoms with Crippen molar-refractivity contribution >= 4 is 5.91 Å². The number of carbonyl (C=O) groups is 1. The molecule has 0 aromatic heterocycles. The van der Waals surface area contributed by atoms with E-state index in [2.05, 4.69) is 5.32 Å². The molecular weight excluding hydrogens is 294 g/mol. The Balaban J connectivity index is 1.84. The molecule has 1 saturated heterocycles. The molecule has 1 heterocycles. The van der Waals surface area contributed by atoms with Gasteiger partial charge in [0, 0.05) is 5.56 Å². The Bertz CT molecular complexity index is 695. The van der Waals surface area contributed by atoms with Crippen molar-refractivity contribution in [1.29, 1.82) is 0 Å². The van der Waals surface area contributed by atoms with E-state index in [1.54, 1.807) is 32.4 Å². The Morgan fingerprint density at radius 1 is 1.04 bits per heavy atom. The predicted molar refractivity (Wildman–Crippen MR) is 86.0 cm³/mol. The molecule has 120 valence electrons. The summed E-state index contributed by atoms with van der Waals surface area (Å²) in [6.45, 7) is 0.937. The number of amides is 1. The van der Waals surface area contributed by atoms with Crippen LogP contribution in [0.15, 0.2) is 48.5 Å². The molecule has 0 saturated carbocycles. The van der Waals surface area contributed by atoms with Crippen molar-refractivity contribution in [1.82, 2.24) is 5.32 Å². The average Bonchev–Trinajstić information content (AvgIpc) is 2.58. The first-order valence-electron chi connectivity index (χ1n) is 7.36. The highest BCUT2D eigenvalue weighted by molar-refractivity contribution is 5.95. The summed E-state index contributed by atoms with van der Waals surface area (Å²) in [5.41, 5.74) is 1.09. The summed E-state index contributed by atoms with van der Waals surface area (Å²) in [6.07, 6.45) is 0. The minimum atomic E-state index is -0.467. The molecule has 1 fully saturated rings. The molecule has 0 unspecified atom stereocenters. The van der Waals surface area contributed by atoms with Crippen LogP contribution >= 0.6 is 0 Å². The van der Waals surface area contributed by atoms with Gasteiger partial charge in [0.05, 0.1) is 27.4 Å². The van der Waals surface area contributed by atoms with E-state index in [4.69, 9.17) is 14.2 Å². The van der Waals surface area contributed by atoms with E-state index < -0.39 is 5.54 Å². The summed E-state index contributed by atoms with van der Waals surface area (Å²) < 4.78 is 15.8. The Hall–Kier alpha value is -2.53. The molecule has 5 nitrogen and oxygen atoms in total. The van der Waals surface area contributed by atoms with Crippen molar-refractivity contribution < 1.29 is 19.0 Å². The maximum atomic E-state index is 12.6. The second-order valence-corrected chi connectivity index (χ2v) is 5.46. The third-order valence-electron chi connectivity index (χ3n) is 4.02. The van der Waals surface area contributed by atoms with Gasteiger partial charge in [-0.25, -0.2) is 0 Å². The van der Waals surface area contributed by atoms with Gasteiger partial charge < -0.3 is 19.5 Å². The van der Waals surface area contributed by atoms with Crippen LogP contribution in [0.5, 0.6) is 11.5 Å². The van der Waals surface area contributed by atoms with E-state index in [0.717, 1.165) is 5.56 Å². The molecule has 0 aliphatic carbocycles. The lowest BCUT2D eigenvalue weighted by atomic mass is 9.87. The number of benzene rings is 2. The fourth-order valence-electron chi connectivity index (χ4n) is 2.64. The third kappa shape index (κ3) is 2.87. The summed E-state index contributed by atoms with van der Waals surface area (Å²) in [5, 5.41) is 3.09. The fraction of sp³-hybridized carbons (Fsp3) is 0.278. The van der Waals surface area contributed by atoms with Gasteiger partial charge in [-0.15, -0.1) is 0 Å². The lowest BCUT2D eigenvalue weighted by Crippen LogP contribution is -2.59. The van der Waals surface area contributed by atoms with Crippen LogP contribution in [0, 0.1) is 0 Å². The van der Waals surface area contributed by atoms with Gasteiger partial charge in [-0.3, -0.25) is 4.79 Å². The molecule has 1 aliphatic rings. The Morgan fingerprint density at radius 3 is 2.30 bits per heavy atom. The second-order valence-electron chi connectivity index (χ2n) is 5.46. The highest BCUT2D eigenvalue weighted by Gasteiger charge is 2.41. The lowest BCUT2D eigenvalue weighted by Gasteiger charge is -2.42. The van der Waals surface area contributed by atoms with Crippen LogP contribution in [-0.4, -0.2) is 33.3 Å². The molecular formula is C18H19NO4. The lowest BCUT2D eigenvalue weighted by molar-refractivity contribution is -0.0733. The maximum Gasteiger partial charge on any atom is 0.252 e. The van der Waals surface area contributed by atoms with E-state index in [0.29, 0.717) is 30.3 Å². The fourth-order valence-corrected chi connectivity index (χ4v) is 2.64. The summed E-state index contributed by atoms with van der Waals surface area (Å²) in [5.74, 6) is 0.950. The Morgan fingerprint density at radius 2 is 1.74 bits per heavy atom. The molecule has 0 atom stereocenters. The SMILES string of the molecule is COc1ccc(C(=O)NC2(c3ccccc3)COC2)cc1OC. The minimum Gasteiger partial charge on any atom is -0.493 e. The van der Waals surface area contributed by atoms with Gasteiger partial charge in [0.1, 0.15) is 5.54 Å². The Labute approximate surface area is 135 Å². The van der Waals surface area contributed by atoms with Crippen LogP contribution in [-0.2, 0) is 10.3 Å². The topological polar surface area (TPSA) is 56.8 Å². The van der Waals surface area contributed by atoms with Gasteiger partial charge in [0.25, 0.3) is 5.91 Å². The van der Waals surface area contributed by atoms with E-state index in [1.165, 1.54) is 0 Å². The normalized spacial score (nSPS) is 15.4. The molecule has 3 rings (SSSR count). The maximum absolute atomic E-state index is 12.6. The molecule has 0 radical (unpaired) electrons. The van der Waals surface area contributed by atoms with Gasteiger partial charge in [-0.1, -0.05) is 30.3 Å². The van der Waals surface area contributed by atoms with Gasteiger partial charge in [-0.05, 0) is 23.8 Å². The van der Waals surface area contributed by atoms with E-state index in [-0.39, 0.29) is 5.91 Å². The van der Waals surface area contributed by atoms with Gasteiger partial charge >= 0.3 is 0 Å². The molecule has 0 bridgehead atoms. The third-order valence-corrected chi connectivity index (χ3v) is 4.02. The number of hydrogen-bond acceptors (Lipinski definition) is 4. The molecule has 2 aromatic carbocycles. The number of carbonyl (C=O) groups excluding carboxylic acids is 1. The molecule has 23 heavy (non-hydrogen) atoms. The van der Waals surface area contributed by atoms with Crippen molar-refractivity contribution in [3.63, 3.8) is 0 Å². The molecule has 1 amide bonds. The average molecular weight is 313 g/mol. The van der Waals surface area contributed by atoms with Crippen molar-refractivity contribution in [3.05, 3.63) is 59.7 Å². The van der Waals surface area contributed by atoms with Crippen LogP contribution in [0.3, 0.4) is 0 Å². The first kappa shape index (κ1) is 15.4. The zero-order chi connectivity index (χ0) is 16.3. The standard InChI is InChI=1S/C18H19NO4/c1-21-15-9-8-13(10-16(15)22-2)17(20)19-18(11-23-12-18)14-6-4-3-5-7-14/h3-10H,11-12H2,1-2H3,(H,19,20). The predicted octanol–water partition coefficient (Wildman–Crippen LogP) is 2.36. The van der Waals surface area contributed by atoms with Crippen LogP contribution < -0.4 is 14.8 Å². The second kappa shape index (κ2) is 6.30. The summed E-state index contributed by atoms with van der Waals surface area (Å²) in [4.78, 5) is 12.6. The first-order chi connectivity index (χ1) is 11.2. The van der Waals surface area contributed by atoms with E-state index in [1.807, 2.05) is 30.3 Å². The summed E-state index contributed by atoms with van der Waals surface area (Å²) in [7, 11) is 3.11. The highest BCUT2D eigenvalue weighted by Crippen LogP contribution is 2.31. The first-order valence-corrected chi connectivity index (χ1v) is 7.36. The van der Waals surface area contributed by atoms with Gasteiger partial charge in [-0.2, -0.15) is 0 Å². The number of nitrogens with one attached hydrogen (secondary N) is 1. The molecule has 5 heteroatoms. The monoisotopic (exact) mass is 313 g/mol.